The summed E-state index contributed by atoms with van der Waals surface area (Å²) in [6.45, 7) is 11.5. The summed E-state index contributed by atoms with van der Waals surface area (Å²) >= 11 is 7.12. The van der Waals surface area contributed by atoms with Crippen molar-refractivity contribution in [1.82, 2.24) is 4.90 Å². The molecular formula is C34H52ClN2O2+. The van der Waals surface area contributed by atoms with Crippen LogP contribution in [0, 0.1) is 22.7 Å². The molecule has 0 aromatic carbocycles. The Morgan fingerprint density at radius 3 is 2.31 bits per heavy atom. The van der Waals surface area contributed by atoms with Crippen molar-refractivity contribution in [3.8, 4) is 0 Å². The van der Waals surface area contributed by atoms with E-state index < -0.39 is 0 Å². The normalized spacial score (nSPS) is 34.5. The molecule has 1 saturated heterocycles. The van der Waals surface area contributed by atoms with Crippen LogP contribution < -0.4 is 0 Å². The van der Waals surface area contributed by atoms with Gasteiger partial charge >= 0.3 is 0 Å². The lowest BCUT2D eigenvalue weighted by Crippen LogP contribution is -2.36. The van der Waals surface area contributed by atoms with Crippen molar-refractivity contribution in [2.24, 2.45) is 22.7 Å². The number of hydrogen-bond acceptors (Lipinski definition) is 3. The number of allylic oxidation sites excluding steroid dienone is 8. The Morgan fingerprint density at radius 1 is 0.846 bits per heavy atom. The minimum absolute atomic E-state index is 0.114. The molecule has 4 unspecified atom stereocenters. The van der Waals surface area contributed by atoms with Crippen LogP contribution in [0.5, 0.6) is 0 Å². The molecule has 5 aliphatic rings. The average Bonchev–Trinajstić information content (AvgIpc) is 3.27. The van der Waals surface area contributed by atoms with Gasteiger partial charge in [-0.15, -0.1) is 0 Å². The summed E-state index contributed by atoms with van der Waals surface area (Å²) < 4.78 is 2.51. The van der Waals surface area contributed by atoms with Crippen LogP contribution in [0.3, 0.4) is 0 Å². The lowest BCUT2D eigenvalue weighted by atomic mass is 9.69. The molecule has 0 aromatic rings. The first-order chi connectivity index (χ1) is 18.7. The van der Waals surface area contributed by atoms with E-state index in [2.05, 4.69) is 61.5 Å². The second-order valence-electron chi connectivity index (χ2n) is 13.8. The standard InChI is InChI=1S/C34H52ClN2O2/c1-33(2)26-12-5-7-14-28(26)36(20-22-38)30(33)18-16-24-10-9-11-25(32(24)35)17-19-31-34(3,4)27-13-6-8-15-29(27)37(31)21-23-39/h16-19,26-29,38-39H,5-15,20-23H2,1-4H3/q+1. The van der Waals surface area contributed by atoms with Crippen molar-refractivity contribution in [2.75, 3.05) is 26.3 Å². The van der Waals surface area contributed by atoms with Crippen LogP contribution in [-0.2, 0) is 0 Å². The number of aliphatic hydroxyl groups excluding tert-OH is 2. The molecule has 3 aliphatic carbocycles. The van der Waals surface area contributed by atoms with Crippen molar-refractivity contribution in [3.05, 3.63) is 46.2 Å². The topological polar surface area (TPSA) is 46.7 Å². The first-order valence-electron chi connectivity index (χ1n) is 15.8. The molecular weight excluding hydrogens is 504 g/mol. The van der Waals surface area contributed by atoms with Crippen LogP contribution in [0.15, 0.2) is 46.2 Å². The second-order valence-corrected chi connectivity index (χ2v) is 14.2. The highest BCUT2D eigenvalue weighted by Crippen LogP contribution is 2.53. The summed E-state index contributed by atoms with van der Waals surface area (Å²) in [5.74, 6) is 1.33. The van der Waals surface area contributed by atoms with E-state index in [1.807, 2.05) is 0 Å². The first-order valence-corrected chi connectivity index (χ1v) is 16.2. The maximum atomic E-state index is 9.86. The molecule has 3 fully saturated rings. The summed E-state index contributed by atoms with van der Waals surface area (Å²) in [7, 11) is 0. The summed E-state index contributed by atoms with van der Waals surface area (Å²) in [6.07, 6.45) is 22.7. The van der Waals surface area contributed by atoms with E-state index in [0.717, 1.165) is 37.4 Å². The molecule has 4 nitrogen and oxygen atoms in total. The van der Waals surface area contributed by atoms with Crippen LogP contribution in [0.2, 0.25) is 0 Å². The van der Waals surface area contributed by atoms with Crippen LogP contribution in [-0.4, -0.2) is 63.8 Å². The van der Waals surface area contributed by atoms with E-state index in [0.29, 0.717) is 23.9 Å². The number of hydrogen-bond donors (Lipinski definition) is 2. The Bertz CT molecular complexity index is 1080. The SMILES string of the molecule is CC1(C)C(/C=C/C2=C(Cl)C(=C/C=C3/N(CCO)C4CCCCC4C3(C)C)/CCC2)=[N+](CCO)C2CCCCC21. The third-order valence-electron chi connectivity index (χ3n) is 11.1. The molecule has 0 aromatic heterocycles. The molecule has 0 amide bonds. The molecule has 5 rings (SSSR count). The number of likely N-dealkylation sites (tertiary alicyclic amines) is 1. The van der Waals surface area contributed by atoms with Crippen molar-refractivity contribution in [3.63, 3.8) is 0 Å². The van der Waals surface area contributed by atoms with Gasteiger partial charge < -0.3 is 15.1 Å². The van der Waals surface area contributed by atoms with Crippen molar-refractivity contribution in [1.29, 1.82) is 0 Å². The molecule has 4 atom stereocenters. The lowest BCUT2D eigenvalue weighted by molar-refractivity contribution is -0.568. The number of rotatable bonds is 7. The van der Waals surface area contributed by atoms with Crippen molar-refractivity contribution >= 4 is 17.3 Å². The van der Waals surface area contributed by atoms with Crippen LogP contribution in [0.4, 0.5) is 0 Å². The minimum atomic E-state index is 0.114. The quantitative estimate of drug-likeness (QED) is 0.333. The highest BCUT2D eigenvalue weighted by atomic mass is 35.5. The molecule has 0 spiro atoms. The molecule has 0 bridgehead atoms. The molecule has 39 heavy (non-hydrogen) atoms. The maximum absolute atomic E-state index is 9.86. The summed E-state index contributed by atoms with van der Waals surface area (Å²) in [5.41, 5.74) is 5.45. The Labute approximate surface area is 242 Å². The lowest BCUT2D eigenvalue weighted by Gasteiger charge is -2.34. The van der Waals surface area contributed by atoms with Gasteiger partial charge in [-0.1, -0.05) is 56.9 Å². The Morgan fingerprint density at radius 2 is 1.56 bits per heavy atom. The zero-order chi connectivity index (χ0) is 27.8. The van der Waals surface area contributed by atoms with E-state index in [9.17, 15) is 10.2 Å². The fraction of sp³-hybridized carbons (Fsp3) is 0.735. The molecule has 0 radical (unpaired) electrons. The highest BCUT2D eigenvalue weighted by molar-refractivity contribution is 6.32. The van der Waals surface area contributed by atoms with Crippen molar-refractivity contribution in [2.45, 2.75) is 110 Å². The molecule has 2 N–H and O–H groups in total. The van der Waals surface area contributed by atoms with E-state index in [4.69, 9.17) is 11.6 Å². The molecule has 2 heterocycles. The van der Waals surface area contributed by atoms with E-state index >= 15 is 0 Å². The summed E-state index contributed by atoms with van der Waals surface area (Å²) in [4.78, 5) is 2.51. The third kappa shape index (κ3) is 5.35. The number of halogens is 1. The number of nitrogens with zero attached hydrogens (tertiary/aromatic N) is 2. The van der Waals surface area contributed by atoms with Gasteiger partial charge in [0, 0.05) is 47.1 Å². The van der Waals surface area contributed by atoms with Gasteiger partial charge in [0.2, 0.25) is 0 Å². The molecule has 2 saturated carbocycles. The van der Waals surface area contributed by atoms with Gasteiger partial charge in [0.05, 0.1) is 12.0 Å². The van der Waals surface area contributed by atoms with Gasteiger partial charge in [-0.25, -0.2) is 4.58 Å². The van der Waals surface area contributed by atoms with Gasteiger partial charge in [0.1, 0.15) is 6.61 Å². The maximum Gasteiger partial charge on any atom is 0.182 e. The van der Waals surface area contributed by atoms with Gasteiger partial charge in [-0.05, 0) is 81.9 Å². The first kappa shape index (κ1) is 29.1. The second kappa shape index (κ2) is 11.9. The minimum Gasteiger partial charge on any atom is -0.395 e. The van der Waals surface area contributed by atoms with Crippen LogP contribution >= 0.6 is 11.6 Å². The van der Waals surface area contributed by atoms with E-state index in [-0.39, 0.29) is 24.0 Å². The van der Waals surface area contributed by atoms with E-state index in [1.165, 1.54) is 73.9 Å². The Hall–Kier alpha value is -1.36. The average molecular weight is 556 g/mol. The zero-order valence-corrected chi connectivity index (χ0v) is 25.6. The monoisotopic (exact) mass is 555 g/mol. The number of β-amino-alcohol motifs (C(OH)–C–C–N with tert-alkyl or cyclic N) is 2. The number of aliphatic hydroxyl groups is 2. The highest BCUT2D eigenvalue weighted by Gasteiger charge is 2.54. The Balaban J connectivity index is 1.44. The fourth-order valence-corrected chi connectivity index (χ4v) is 9.42. The molecule has 5 heteroatoms. The summed E-state index contributed by atoms with van der Waals surface area (Å²) in [6, 6.07) is 1.11. The fourth-order valence-electron chi connectivity index (χ4n) is 9.11. The molecule has 2 aliphatic heterocycles. The van der Waals surface area contributed by atoms with Gasteiger partial charge in [-0.2, -0.15) is 0 Å². The van der Waals surface area contributed by atoms with Gasteiger partial charge in [0.15, 0.2) is 18.3 Å². The molecule has 216 valence electrons. The largest absolute Gasteiger partial charge is 0.395 e. The van der Waals surface area contributed by atoms with Crippen LogP contribution in [0.25, 0.3) is 0 Å². The predicted octanol–water partition coefficient (Wildman–Crippen LogP) is 6.97. The third-order valence-corrected chi connectivity index (χ3v) is 11.6. The van der Waals surface area contributed by atoms with E-state index in [1.54, 1.807) is 0 Å². The predicted molar refractivity (Wildman–Crippen MR) is 162 cm³/mol. The number of fused-ring (bicyclic) bond motifs is 2. The van der Waals surface area contributed by atoms with Gasteiger partial charge in [-0.3, -0.25) is 0 Å². The Kier molecular flexibility index (Phi) is 8.86. The van der Waals surface area contributed by atoms with Crippen molar-refractivity contribution < 1.29 is 14.8 Å². The van der Waals surface area contributed by atoms with Gasteiger partial charge in [0.25, 0.3) is 0 Å². The zero-order valence-electron chi connectivity index (χ0n) is 24.9. The smallest absolute Gasteiger partial charge is 0.182 e. The van der Waals surface area contributed by atoms with Crippen LogP contribution in [0.1, 0.15) is 98.3 Å². The summed E-state index contributed by atoms with van der Waals surface area (Å²) in [5, 5.41) is 20.6.